The third-order valence-electron chi connectivity index (χ3n) is 5.24. The predicted molar refractivity (Wildman–Crippen MR) is 144 cm³/mol. The van der Waals surface area contributed by atoms with Gasteiger partial charge in [-0.2, -0.15) is 5.10 Å². The lowest BCUT2D eigenvalue weighted by Crippen LogP contribution is -2.19. The molecule has 0 aliphatic rings. The van der Waals surface area contributed by atoms with E-state index in [9.17, 15) is 9.59 Å². The molecular weight excluding hydrogens is 536 g/mol. The Hall–Kier alpha value is -4.43. The van der Waals surface area contributed by atoms with Gasteiger partial charge in [-0.15, -0.1) is 0 Å². The molecule has 4 aromatic carbocycles. The standard InChI is InChI=1S/C29H23BrN2O5/c1-35-24-14-11-21(12-15-24)29(34)37-26-10-6-5-9-22(26)18-31-32-28(33)25-17-23(30)13-16-27(25)36-19-20-7-3-2-4-8-20/h2-18H,19H2,1H3,(H,32,33)/b31-18-. The maximum Gasteiger partial charge on any atom is 0.343 e. The quantitative estimate of drug-likeness (QED) is 0.117. The average molecular weight is 559 g/mol. The van der Waals surface area contributed by atoms with Crippen molar-refractivity contribution in [1.82, 2.24) is 5.43 Å². The molecule has 37 heavy (non-hydrogen) atoms. The summed E-state index contributed by atoms with van der Waals surface area (Å²) in [4.78, 5) is 25.5. The van der Waals surface area contributed by atoms with Crippen molar-refractivity contribution < 1.29 is 23.8 Å². The van der Waals surface area contributed by atoms with Gasteiger partial charge in [0, 0.05) is 10.0 Å². The molecule has 4 rings (SSSR count). The number of ether oxygens (including phenoxy) is 3. The monoisotopic (exact) mass is 558 g/mol. The van der Waals surface area contributed by atoms with Crippen LogP contribution >= 0.6 is 15.9 Å². The van der Waals surface area contributed by atoms with Gasteiger partial charge in [0.2, 0.25) is 0 Å². The molecule has 0 aliphatic carbocycles. The number of para-hydroxylation sites is 1. The number of esters is 1. The first-order valence-corrected chi connectivity index (χ1v) is 12.1. The van der Waals surface area contributed by atoms with Crippen LogP contribution in [0.15, 0.2) is 107 Å². The summed E-state index contributed by atoms with van der Waals surface area (Å²) in [6.07, 6.45) is 1.41. The summed E-state index contributed by atoms with van der Waals surface area (Å²) in [7, 11) is 1.55. The summed E-state index contributed by atoms with van der Waals surface area (Å²) in [5.41, 5.74) is 4.70. The van der Waals surface area contributed by atoms with Gasteiger partial charge >= 0.3 is 5.97 Å². The van der Waals surface area contributed by atoms with E-state index in [1.165, 1.54) is 6.21 Å². The van der Waals surface area contributed by atoms with Gasteiger partial charge in [-0.25, -0.2) is 10.2 Å². The van der Waals surface area contributed by atoms with Crippen molar-refractivity contribution in [2.24, 2.45) is 5.10 Å². The fraction of sp³-hybridized carbons (Fsp3) is 0.0690. The average Bonchev–Trinajstić information content (AvgIpc) is 2.93. The minimum atomic E-state index is -0.526. The zero-order valence-electron chi connectivity index (χ0n) is 19.9. The molecule has 1 N–H and O–H groups in total. The Balaban J connectivity index is 1.43. The Kier molecular flexibility index (Phi) is 8.67. The summed E-state index contributed by atoms with van der Waals surface area (Å²) in [6.45, 7) is 0.318. The lowest BCUT2D eigenvalue weighted by molar-refractivity contribution is 0.0734. The lowest BCUT2D eigenvalue weighted by Gasteiger charge is -2.11. The second-order valence-electron chi connectivity index (χ2n) is 7.77. The number of hydrogen-bond donors (Lipinski definition) is 1. The maximum atomic E-state index is 12.9. The molecule has 0 aromatic heterocycles. The summed E-state index contributed by atoms with van der Waals surface area (Å²) < 4.78 is 17.3. The Bertz CT molecular complexity index is 1410. The highest BCUT2D eigenvalue weighted by atomic mass is 79.9. The number of nitrogens with one attached hydrogen (secondary N) is 1. The van der Waals surface area contributed by atoms with E-state index in [-0.39, 0.29) is 0 Å². The highest BCUT2D eigenvalue weighted by molar-refractivity contribution is 9.10. The zero-order valence-corrected chi connectivity index (χ0v) is 21.5. The Labute approximate surface area is 222 Å². The van der Waals surface area contributed by atoms with Gasteiger partial charge in [0.1, 0.15) is 23.9 Å². The molecule has 1 amide bonds. The molecule has 0 saturated heterocycles. The zero-order chi connectivity index (χ0) is 26.0. The van der Waals surface area contributed by atoms with E-state index < -0.39 is 11.9 Å². The van der Waals surface area contributed by atoms with E-state index >= 15 is 0 Å². The Morgan fingerprint density at radius 1 is 0.892 bits per heavy atom. The Morgan fingerprint density at radius 3 is 2.38 bits per heavy atom. The van der Waals surface area contributed by atoms with Gasteiger partial charge in [0.15, 0.2) is 0 Å². The third-order valence-corrected chi connectivity index (χ3v) is 5.73. The molecule has 7 nitrogen and oxygen atoms in total. The molecule has 0 heterocycles. The summed E-state index contributed by atoms with van der Waals surface area (Å²) in [5, 5.41) is 4.07. The molecule has 0 bridgehead atoms. The van der Waals surface area contributed by atoms with Crippen LogP contribution in [0, 0.1) is 0 Å². The van der Waals surface area contributed by atoms with Crippen LogP contribution in [0.3, 0.4) is 0 Å². The normalized spacial score (nSPS) is 10.6. The van der Waals surface area contributed by atoms with E-state index in [0.717, 1.165) is 10.0 Å². The van der Waals surface area contributed by atoms with Gasteiger partial charge in [-0.05, 0) is 60.2 Å². The summed E-state index contributed by atoms with van der Waals surface area (Å²) in [5.74, 6) is 0.387. The highest BCUT2D eigenvalue weighted by Gasteiger charge is 2.14. The molecule has 0 saturated carbocycles. The molecule has 0 fully saturated rings. The van der Waals surface area contributed by atoms with Crippen LogP contribution < -0.4 is 19.6 Å². The van der Waals surface area contributed by atoms with Gasteiger partial charge in [-0.3, -0.25) is 4.79 Å². The summed E-state index contributed by atoms with van der Waals surface area (Å²) >= 11 is 3.40. The minimum Gasteiger partial charge on any atom is -0.497 e. The first-order chi connectivity index (χ1) is 18.0. The van der Waals surface area contributed by atoms with Crippen LogP contribution in [0.1, 0.15) is 31.8 Å². The SMILES string of the molecule is COc1ccc(C(=O)Oc2ccccc2/C=N\NC(=O)c2cc(Br)ccc2OCc2ccccc2)cc1. The topological polar surface area (TPSA) is 86.2 Å². The van der Waals surface area contributed by atoms with E-state index in [4.69, 9.17) is 14.2 Å². The second-order valence-corrected chi connectivity index (χ2v) is 8.69. The number of amides is 1. The van der Waals surface area contributed by atoms with Crippen LogP contribution in [0.4, 0.5) is 0 Å². The van der Waals surface area contributed by atoms with Crippen molar-refractivity contribution in [2.75, 3.05) is 7.11 Å². The third kappa shape index (κ3) is 7.05. The van der Waals surface area contributed by atoms with Crippen molar-refractivity contribution >= 4 is 34.0 Å². The summed E-state index contributed by atoms with van der Waals surface area (Å²) in [6, 6.07) is 28.3. The number of benzene rings is 4. The largest absolute Gasteiger partial charge is 0.497 e. The van der Waals surface area contributed by atoms with E-state index in [2.05, 4.69) is 26.5 Å². The van der Waals surface area contributed by atoms with Crippen molar-refractivity contribution in [1.29, 1.82) is 0 Å². The van der Waals surface area contributed by atoms with E-state index in [1.54, 1.807) is 73.8 Å². The number of carbonyl (C=O) groups is 2. The predicted octanol–water partition coefficient (Wildman–Crippen LogP) is 6.02. The van der Waals surface area contributed by atoms with Crippen LogP contribution in [-0.4, -0.2) is 25.2 Å². The Morgan fingerprint density at radius 2 is 1.62 bits per heavy atom. The first kappa shape index (κ1) is 25.7. The maximum absolute atomic E-state index is 12.9. The van der Waals surface area contributed by atoms with Crippen molar-refractivity contribution in [3.8, 4) is 17.2 Å². The minimum absolute atomic E-state index is 0.302. The fourth-order valence-electron chi connectivity index (χ4n) is 3.33. The number of nitrogens with zero attached hydrogens (tertiary/aromatic N) is 1. The smallest absolute Gasteiger partial charge is 0.343 e. The first-order valence-electron chi connectivity index (χ1n) is 11.3. The van der Waals surface area contributed by atoms with Crippen LogP contribution in [0.25, 0.3) is 0 Å². The number of carbonyl (C=O) groups excluding carboxylic acids is 2. The number of methoxy groups -OCH3 is 1. The van der Waals surface area contributed by atoms with Crippen LogP contribution in [0.2, 0.25) is 0 Å². The number of halogens is 1. The molecule has 0 radical (unpaired) electrons. The lowest BCUT2D eigenvalue weighted by atomic mass is 10.2. The van der Waals surface area contributed by atoms with E-state index in [1.807, 2.05) is 30.3 Å². The second kappa shape index (κ2) is 12.5. The molecule has 186 valence electrons. The van der Waals surface area contributed by atoms with Gasteiger partial charge < -0.3 is 14.2 Å². The van der Waals surface area contributed by atoms with Gasteiger partial charge in [-0.1, -0.05) is 58.4 Å². The molecule has 8 heteroatoms. The van der Waals surface area contributed by atoms with E-state index in [0.29, 0.717) is 40.5 Å². The highest BCUT2D eigenvalue weighted by Crippen LogP contribution is 2.24. The van der Waals surface area contributed by atoms with Gasteiger partial charge in [0.05, 0.1) is 24.5 Å². The molecular formula is C29H23BrN2O5. The fourth-order valence-corrected chi connectivity index (χ4v) is 3.69. The molecule has 0 aliphatic heterocycles. The van der Waals surface area contributed by atoms with Crippen molar-refractivity contribution in [3.05, 3.63) is 124 Å². The van der Waals surface area contributed by atoms with Gasteiger partial charge in [0.25, 0.3) is 5.91 Å². The molecule has 4 aromatic rings. The van der Waals surface area contributed by atoms with Crippen molar-refractivity contribution in [3.63, 3.8) is 0 Å². The van der Waals surface area contributed by atoms with Crippen LogP contribution in [0.5, 0.6) is 17.2 Å². The molecule has 0 atom stereocenters. The molecule has 0 unspecified atom stereocenters. The van der Waals surface area contributed by atoms with Crippen LogP contribution in [-0.2, 0) is 6.61 Å². The number of hydrogen-bond acceptors (Lipinski definition) is 6. The number of rotatable bonds is 9. The molecule has 0 spiro atoms. The van der Waals surface area contributed by atoms with Crippen molar-refractivity contribution in [2.45, 2.75) is 6.61 Å². The number of hydrazone groups is 1.